The average molecular weight is 341 g/mol. The first-order chi connectivity index (χ1) is 5.86. The van der Waals surface area contributed by atoms with Crippen LogP contribution < -0.4 is 5.32 Å². The first kappa shape index (κ1) is 14.0. The lowest BCUT2D eigenvalue weighted by atomic mass is 10.3. The van der Waals surface area contributed by atoms with Gasteiger partial charge in [-0.2, -0.15) is 0 Å². The van der Waals surface area contributed by atoms with E-state index in [9.17, 15) is 4.79 Å². The van der Waals surface area contributed by atoms with Crippen molar-refractivity contribution in [2.75, 3.05) is 11.1 Å². The highest BCUT2D eigenvalue weighted by Gasteiger charge is 2.11. The van der Waals surface area contributed by atoms with Gasteiger partial charge < -0.3 is 5.32 Å². The fourth-order valence-electron chi connectivity index (χ4n) is 1.16. The molecule has 0 spiro atoms. The van der Waals surface area contributed by atoms with Crippen molar-refractivity contribution in [1.29, 1.82) is 0 Å². The number of nitrogens with one attached hydrogen (secondary N) is 1. The maximum Gasteiger partial charge on any atom is 0.225 e. The van der Waals surface area contributed by atoms with Crippen LogP contribution in [0.1, 0.15) is 6.42 Å². The van der Waals surface area contributed by atoms with Crippen LogP contribution in [0.2, 0.25) is 0 Å². The highest BCUT2D eigenvalue weighted by molar-refractivity contribution is 8.93. The topological polar surface area (TPSA) is 29.1 Å². The van der Waals surface area contributed by atoms with Crippen molar-refractivity contribution in [3.05, 3.63) is 24.3 Å². The number of hydrogen-bond donors (Lipinski definition) is 1. The normalized spacial score (nSPS) is 13.9. The second kappa shape index (κ2) is 6.48. The lowest BCUT2D eigenvalue weighted by Gasteiger charge is -2.03. The molecule has 1 amide bonds. The van der Waals surface area contributed by atoms with E-state index in [4.69, 9.17) is 0 Å². The number of hydrogen-bond acceptors (Lipinski definition) is 2. The summed E-state index contributed by atoms with van der Waals surface area (Å²) < 4.78 is 0. The molecule has 1 aliphatic rings. The second-order valence-electron chi connectivity index (χ2n) is 2.64. The summed E-state index contributed by atoms with van der Waals surface area (Å²) in [7, 11) is 0. The summed E-state index contributed by atoms with van der Waals surface area (Å²) in [6.07, 6.45) is 0.610. The largest absolute Gasteiger partial charge is 0.325 e. The van der Waals surface area contributed by atoms with Gasteiger partial charge in [0.05, 0.1) is 5.69 Å². The van der Waals surface area contributed by atoms with Crippen LogP contribution >= 0.6 is 45.7 Å². The second-order valence-corrected chi connectivity index (χ2v) is 3.78. The van der Waals surface area contributed by atoms with Gasteiger partial charge in [-0.15, -0.1) is 45.7 Å². The molecule has 2 nitrogen and oxygen atoms in total. The van der Waals surface area contributed by atoms with E-state index in [-0.39, 0.29) is 39.9 Å². The Labute approximate surface area is 108 Å². The first-order valence-corrected chi connectivity index (χ1v) is 4.86. The molecule has 1 aromatic carbocycles. The fourth-order valence-corrected chi connectivity index (χ4v) is 2.12. The third kappa shape index (κ3) is 3.29. The molecule has 14 heavy (non-hydrogen) atoms. The molecule has 0 atom stereocenters. The Kier molecular flexibility index (Phi) is 6.48. The minimum absolute atomic E-state index is 0. The molecule has 1 aliphatic heterocycles. The SMILES string of the molecule is Br.Br.O=C1CCSc2ccccc2N1. The molecule has 0 radical (unpaired) electrons. The lowest BCUT2D eigenvalue weighted by molar-refractivity contribution is -0.115. The Morgan fingerprint density at radius 2 is 1.93 bits per heavy atom. The monoisotopic (exact) mass is 339 g/mol. The van der Waals surface area contributed by atoms with Crippen molar-refractivity contribution in [2.45, 2.75) is 11.3 Å². The Balaban J connectivity index is 0.000000845. The van der Waals surface area contributed by atoms with Gasteiger partial charge in [0, 0.05) is 17.1 Å². The summed E-state index contributed by atoms with van der Waals surface area (Å²) in [6.45, 7) is 0. The molecule has 2 rings (SSSR count). The highest BCUT2D eigenvalue weighted by Crippen LogP contribution is 2.29. The fraction of sp³-hybridized carbons (Fsp3) is 0.222. The number of benzene rings is 1. The maximum absolute atomic E-state index is 11.1. The molecule has 0 aromatic heterocycles. The molecule has 0 saturated heterocycles. The van der Waals surface area contributed by atoms with Crippen LogP contribution in [-0.2, 0) is 4.79 Å². The predicted molar refractivity (Wildman–Crippen MR) is 71.1 cm³/mol. The number of amides is 1. The Hall–Kier alpha value is -0.0000000000000000555. The van der Waals surface area contributed by atoms with E-state index in [1.807, 2.05) is 24.3 Å². The van der Waals surface area contributed by atoms with E-state index in [1.54, 1.807) is 11.8 Å². The third-order valence-corrected chi connectivity index (χ3v) is 2.82. The highest BCUT2D eigenvalue weighted by atomic mass is 79.9. The van der Waals surface area contributed by atoms with Gasteiger partial charge in [-0.1, -0.05) is 12.1 Å². The molecular formula is C9H11Br2NOS. The van der Waals surface area contributed by atoms with E-state index in [0.717, 1.165) is 11.4 Å². The zero-order valence-electron chi connectivity index (χ0n) is 7.36. The van der Waals surface area contributed by atoms with Gasteiger partial charge in [-0.25, -0.2) is 0 Å². The van der Waals surface area contributed by atoms with Crippen molar-refractivity contribution < 1.29 is 4.79 Å². The van der Waals surface area contributed by atoms with Crippen LogP contribution in [0, 0.1) is 0 Å². The van der Waals surface area contributed by atoms with Crippen LogP contribution in [0.5, 0.6) is 0 Å². The summed E-state index contributed by atoms with van der Waals surface area (Å²) in [4.78, 5) is 12.3. The van der Waals surface area contributed by atoms with E-state index < -0.39 is 0 Å². The molecule has 78 valence electrons. The van der Waals surface area contributed by atoms with Crippen LogP contribution in [0.4, 0.5) is 5.69 Å². The van der Waals surface area contributed by atoms with Crippen LogP contribution in [0.3, 0.4) is 0 Å². The lowest BCUT2D eigenvalue weighted by Crippen LogP contribution is -2.09. The number of carbonyl (C=O) groups is 1. The van der Waals surface area contributed by atoms with Crippen molar-refractivity contribution in [1.82, 2.24) is 0 Å². The Morgan fingerprint density at radius 3 is 2.71 bits per heavy atom. The molecule has 0 saturated carbocycles. The molecule has 5 heteroatoms. The molecule has 0 unspecified atom stereocenters. The Morgan fingerprint density at radius 1 is 1.21 bits per heavy atom. The van der Waals surface area contributed by atoms with E-state index in [0.29, 0.717) is 6.42 Å². The average Bonchev–Trinajstić information content (AvgIpc) is 2.25. The minimum Gasteiger partial charge on any atom is -0.325 e. The summed E-state index contributed by atoms with van der Waals surface area (Å²) >= 11 is 1.73. The number of para-hydroxylation sites is 1. The zero-order valence-corrected chi connectivity index (χ0v) is 11.6. The summed E-state index contributed by atoms with van der Waals surface area (Å²) in [5, 5.41) is 2.86. The van der Waals surface area contributed by atoms with Gasteiger partial charge >= 0.3 is 0 Å². The predicted octanol–water partition coefficient (Wildman–Crippen LogP) is 3.28. The summed E-state index contributed by atoms with van der Waals surface area (Å²) in [5.74, 6) is 0.996. The van der Waals surface area contributed by atoms with Crippen molar-refractivity contribution in [3.8, 4) is 0 Å². The van der Waals surface area contributed by atoms with E-state index >= 15 is 0 Å². The molecule has 1 aromatic rings. The quantitative estimate of drug-likeness (QED) is 0.785. The van der Waals surface area contributed by atoms with Crippen molar-refractivity contribution >= 4 is 57.3 Å². The molecule has 0 bridgehead atoms. The van der Waals surface area contributed by atoms with Crippen molar-refractivity contribution in [3.63, 3.8) is 0 Å². The number of anilines is 1. The smallest absolute Gasteiger partial charge is 0.225 e. The van der Waals surface area contributed by atoms with Gasteiger partial charge in [0.15, 0.2) is 0 Å². The van der Waals surface area contributed by atoms with Crippen LogP contribution in [-0.4, -0.2) is 11.7 Å². The number of halogens is 2. The zero-order chi connectivity index (χ0) is 8.39. The first-order valence-electron chi connectivity index (χ1n) is 3.88. The van der Waals surface area contributed by atoms with Gasteiger partial charge in [-0.05, 0) is 12.1 Å². The Bertz CT molecular complexity index is 319. The summed E-state index contributed by atoms with van der Waals surface area (Å²) in [5.41, 5.74) is 0.949. The molecular weight excluding hydrogens is 330 g/mol. The van der Waals surface area contributed by atoms with E-state index in [1.165, 1.54) is 4.90 Å². The third-order valence-electron chi connectivity index (χ3n) is 1.75. The number of thioether (sulfide) groups is 1. The molecule has 1 N–H and O–H groups in total. The molecule has 0 aliphatic carbocycles. The van der Waals surface area contributed by atoms with Gasteiger partial charge in [0.2, 0.25) is 5.91 Å². The molecule has 1 heterocycles. The number of carbonyl (C=O) groups excluding carboxylic acids is 1. The molecule has 0 fully saturated rings. The van der Waals surface area contributed by atoms with Crippen molar-refractivity contribution in [2.24, 2.45) is 0 Å². The number of rotatable bonds is 0. The minimum atomic E-state index is 0. The maximum atomic E-state index is 11.1. The van der Waals surface area contributed by atoms with Crippen LogP contribution in [0.15, 0.2) is 29.2 Å². The standard InChI is InChI=1S/C9H9NOS.2BrH/c11-9-5-6-12-8-4-2-1-3-7(8)10-9;;/h1-4H,5-6H2,(H,10,11);2*1H. The van der Waals surface area contributed by atoms with Gasteiger partial charge in [0.25, 0.3) is 0 Å². The van der Waals surface area contributed by atoms with Gasteiger partial charge in [-0.3, -0.25) is 4.79 Å². The summed E-state index contributed by atoms with van der Waals surface area (Å²) in [6, 6.07) is 7.89. The van der Waals surface area contributed by atoms with E-state index in [2.05, 4.69) is 5.32 Å². The van der Waals surface area contributed by atoms with Crippen LogP contribution in [0.25, 0.3) is 0 Å². The van der Waals surface area contributed by atoms with Gasteiger partial charge in [0.1, 0.15) is 0 Å². The number of fused-ring (bicyclic) bond motifs is 1.